The van der Waals surface area contributed by atoms with Gasteiger partial charge in [-0.25, -0.2) is 0 Å². The Morgan fingerprint density at radius 3 is 2.90 bits per heavy atom. The average molecular weight is 289 g/mol. The van der Waals surface area contributed by atoms with Gasteiger partial charge >= 0.3 is 6.18 Å². The maximum absolute atomic E-state index is 11.8. The maximum Gasteiger partial charge on any atom is 0.411 e. The van der Waals surface area contributed by atoms with Crippen LogP contribution in [0.5, 0.6) is 5.75 Å². The first kappa shape index (κ1) is 15.1. The molecule has 0 radical (unpaired) electrons. The molecule has 6 heteroatoms. The number of benzene rings is 1. The van der Waals surface area contributed by atoms with Crippen LogP contribution in [0.1, 0.15) is 11.1 Å². The zero-order valence-corrected chi connectivity index (χ0v) is 11.1. The highest BCUT2D eigenvalue weighted by Gasteiger charge is 2.27. The number of halogens is 3. The molecule has 2 rings (SSSR count). The average Bonchev–Trinajstić information content (AvgIpc) is 2.83. The van der Waals surface area contributed by atoms with Gasteiger partial charge in [0.15, 0.2) is 0 Å². The van der Waals surface area contributed by atoms with E-state index in [0.29, 0.717) is 6.54 Å². The van der Waals surface area contributed by atoms with Crippen LogP contribution in [0.25, 0.3) is 0 Å². The summed E-state index contributed by atoms with van der Waals surface area (Å²) in [4.78, 5) is 0. The molecule has 1 aromatic carbocycles. The van der Waals surface area contributed by atoms with Gasteiger partial charge < -0.3 is 14.8 Å². The summed E-state index contributed by atoms with van der Waals surface area (Å²) >= 11 is 0. The summed E-state index contributed by atoms with van der Waals surface area (Å²) in [7, 11) is 0. The number of nitrogens with one attached hydrogen (secondary N) is 1. The van der Waals surface area contributed by atoms with E-state index in [4.69, 9.17) is 4.74 Å². The molecule has 0 bridgehead atoms. The third-order valence-electron chi connectivity index (χ3n) is 3.03. The molecule has 0 amide bonds. The monoisotopic (exact) mass is 289 g/mol. The smallest absolute Gasteiger partial charge is 0.411 e. The van der Waals surface area contributed by atoms with Crippen molar-refractivity contribution in [2.24, 2.45) is 0 Å². The standard InChI is InChI=1S/C14H18F3NO2/c15-14(16,17)10-19-8-6-18-5-3-11-1-2-13-12(9-11)4-7-20-13/h1-2,9,18H,3-8,10H2. The molecular weight excluding hydrogens is 271 g/mol. The number of ether oxygens (including phenoxy) is 2. The van der Waals surface area contributed by atoms with Crippen molar-refractivity contribution in [3.63, 3.8) is 0 Å². The van der Waals surface area contributed by atoms with Crippen LogP contribution in [-0.2, 0) is 17.6 Å². The first-order valence-corrected chi connectivity index (χ1v) is 6.64. The van der Waals surface area contributed by atoms with Gasteiger partial charge in [-0.05, 0) is 30.2 Å². The van der Waals surface area contributed by atoms with Crippen molar-refractivity contribution in [1.82, 2.24) is 5.32 Å². The fourth-order valence-electron chi connectivity index (χ4n) is 2.09. The molecule has 0 aromatic heterocycles. The van der Waals surface area contributed by atoms with Gasteiger partial charge in [0.05, 0.1) is 13.2 Å². The number of hydrogen-bond acceptors (Lipinski definition) is 3. The van der Waals surface area contributed by atoms with Crippen LogP contribution in [0.3, 0.4) is 0 Å². The quantitative estimate of drug-likeness (QED) is 0.782. The Labute approximate surface area is 116 Å². The van der Waals surface area contributed by atoms with Gasteiger partial charge in [-0.3, -0.25) is 0 Å². The van der Waals surface area contributed by atoms with Gasteiger partial charge in [0.25, 0.3) is 0 Å². The molecule has 1 aliphatic rings. The lowest BCUT2D eigenvalue weighted by Gasteiger charge is -2.09. The maximum atomic E-state index is 11.8. The van der Waals surface area contributed by atoms with Gasteiger partial charge in [0.2, 0.25) is 0 Å². The van der Waals surface area contributed by atoms with Crippen LogP contribution in [0.4, 0.5) is 13.2 Å². The third kappa shape index (κ3) is 5.02. The lowest BCUT2D eigenvalue weighted by molar-refractivity contribution is -0.173. The minimum atomic E-state index is -4.24. The minimum absolute atomic E-state index is 0.0670. The third-order valence-corrected chi connectivity index (χ3v) is 3.03. The Morgan fingerprint density at radius 2 is 2.10 bits per heavy atom. The van der Waals surface area contributed by atoms with Gasteiger partial charge in [-0.1, -0.05) is 12.1 Å². The molecule has 1 N–H and O–H groups in total. The summed E-state index contributed by atoms with van der Waals surface area (Å²) in [6.45, 7) is 0.768. The van der Waals surface area contributed by atoms with Gasteiger partial charge in [0, 0.05) is 13.0 Å². The first-order chi connectivity index (χ1) is 9.54. The lowest BCUT2D eigenvalue weighted by atomic mass is 10.1. The summed E-state index contributed by atoms with van der Waals surface area (Å²) in [5.41, 5.74) is 2.44. The van der Waals surface area contributed by atoms with E-state index in [-0.39, 0.29) is 6.61 Å². The molecule has 20 heavy (non-hydrogen) atoms. The number of hydrogen-bond donors (Lipinski definition) is 1. The zero-order chi connectivity index (χ0) is 14.4. The molecule has 0 spiro atoms. The van der Waals surface area contributed by atoms with Crippen molar-refractivity contribution < 1.29 is 22.6 Å². The minimum Gasteiger partial charge on any atom is -0.493 e. The normalized spacial score (nSPS) is 14.2. The highest BCUT2D eigenvalue weighted by atomic mass is 19.4. The second-order valence-corrected chi connectivity index (χ2v) is 4.71. The Morgan fingerprint density at radius 1 is 1.25 bits per heavy atom. The second-order valence-electron chi connectivity index (χ2n) is 4.71. The fraction of sp³-hybridized carbons (Fsp3) is 0.571. The number of rotatable bonds is 7. The van der Waals surface area contributed by atoms with E-state index in [9.17, 15) is 13.2 Å². The molecule has 1 aromatic rings. The molecule has 1 heterocycles. The largest absolute Gasteiger partial charge is 0.493 e. The van der Waals surface area contributed by atoms with Crippen LogP contribution in [-0.4, -0.2) is 39.1 Å². The zero-order valence-electron chi connectivity index (χ0n) is 11.1. The molecule has 0 fully saturated rings. The van der Waals surface area contributed by atoms with Crippen LogP contribution in [0.15, 0.2) is 18.2 Å². The van der Waals surface area contributed by atoms with Crippen LogP contribution >= 0.6 is 0 Å². The van der Waals surface area contributed by atoms with E-state index in [2.05, 4.69) is 16.1 Å². The molecule has 1 aliphatic heterocycles. The fourth-order valence-corrected chi connectivity index (χ4v) is 2.09. The molecule has 0 atom stereocenters. The van der Waals surface area contributed by atoms with Crippen LogP contribution in [0.2, 0.25) is 0 Å². The highest BCUT2D eigenvalue weighted by molar-refractivity contribution is 5.39. The van der Waals surface area contributed by atoms with Crippen LogP contribution < -0.4 is 10.1 Å². The summed E-state index contributed by atoms with van der Waals surface area (Å²) in [5.74, 6) is 0.960. The Balaban J connectivity index is 1.57. The summed E-state index contributed by atoms with van der Waals surface area (Å²) in [5, 5.41) is 3.06. The summed E-state index contributed by atoms with van der Waals surface area (Å²) in [6.07, 6.45) is -2.46. The molecular formula is C14H18F3NO2. The van der Waals surface area contributed by atoms with E-state index in [1.54, 1.807) is 0 Å². The van der Waals surface area contributed by atoms with Crippen molar-refractivity contribution in [1.29, 1.82) is 0 Å². The van der Waals surface area contributed by atoms with Gasteiger partial charge in [-0.2, -0.15) is 13.2 Å². The molecule has 0 unspecified atom stereocenters. The first-order valence-electron chi connectivity index (χ1n) is 6.64. The second kappa shape index (κ2) is 6.95. The topological polar surface area (TPSA) is 30.5 Å². The molecule has 0 aliphatic carbocycles. The highest BCUT2D eigenvalue weighted by Crippen LogP contribution is 2.25. The van der Waals surface area contributed by atoms with Crippen molar-refractivity contribution in [3.8, 4) is 5.75 Å². The van der Waals surface area contributed by atoms with Crippen molar-refractivity contribution in [2.75, 3.05) is 32.9 Å². The van der Waals surface area contributed by atoms with E-state index < -0.39 is 12.8 Å². The number of fused-ring (bicyclic) bond motifs is 1. The van der Waals surface area contributed by atoms with E-state index >= 15 is 0 Å². The Hall–Kier alpha value is -1.27. The molecule has 0 saturated carbocycles. The van der Waals surface area contributed by atoms with E-state index in [1.807, 2.05) is 12.1 Å². The number of alkyl halides is 3. The Bertz CT molecular complexity index is 435. The van der Waals surface area contributed by atoms with Crippen molar-refractivity contribution in [3.05, 3.63) is 29.3 Å². The lowest BCUT2D eigenvalue weighted by Crippen LogP contribution is -2.25. The van der Waals surface area contributed by atoms with Gasteiger partial charge in [0.1, 0.15) is 12.4 Å². The Kier molecular flexibility index (Phi) is 5.25. The van der Waals surface area contributed by atoms with Crippen LogP contribution in [0, 0.1) is 0 Å². The van der Waals surface area contributed by atoms with Crippen molar-refractivity contribution >= 4 is 0 Å². The molecule has 0 saturated heterocycles. The van der Waals surface area contributed by atoms with Gasteiger partial charge in [-0.15, -0.1) is 0 Å². The summed E-state index contributed by atoms with van der Waals surface area (Å²) in [6, 6.07) is 6.13. The predicted octanol–water partition coefficient (Wildman–Crippen LogP) is 2.33. The predicted molar refractivity (Wildman–Crippen MR) is 69.1 cm³/mol. The molecule has 112 valence electrons. The van der Waals surface area contributed by atoms with Crippen molar-refractivity contribution in [2.45, 2.75) is 19.0 Å². The van der Waals surface area contributed by atoms with E-state index in [0.717, 1.165) is 31.7 Å². The summed E-state index contributed by atoms with van der Waals surface area (Å²) < 4.78 is 45.4. The van der Waals surface area contributed by atoms with E-state index in [1.165, 1.54) is 11.1 Å². The SMILES string of the molecule is FC(F)(F)COCCNCCc1ccc2c(c1)CCO2. The molecule has 3 nitrogen and oxygen atoms in total.